The number of rotatable bonds is 4. The lowest BCUT2D eigenvalue weighted by atomic mass is 10.0. The third-order valence-electron chi connectivity index (χ3n) is 2.16. The zero-order chi connectivity index (χ0) is 12.6. The Balaban J connectivity index is 2.97. The van der Waals surface area contributed by atoms with Gasteiger partial charge in [0.1, 0.15) is 0 Å². The molecule has 1 aromatic heterocycles. The Hall–Kier alpha value is -0.210. The molecule has 0 aliphatic heterocycles. The summed E-state index contributed by atoms with van der Waals surface area (Å²) in [5.74, 6) is 0. The molecule has 8 heteroatoms. The lowest BCUT2D eigenvalue weighted by Gasteiger charge is -2.28. The van der Waals surface area contributed by atoms with Crippen LogP contribution in [0.25, 0.3) is 0 Å². The van der Waals surface area contributed by atoms with Gasteiger partial charge >= 0.3 is 0 Å². The number of hydrogen-bond donors (Lipinski definition) is 2. The van der Waals surface area contributed by atoms with Crippen LogP contribution in [-0.4, -0.2) is 30.2 Å². The van der Waals surface area contributed by atoms with Crippen molar-refractivity contribution in [3.05, 3.63) is 10.7 Å². The van der Waals surface area contributed by atoms with Crippen molar-refractivity contribution in [2.75, 3.05) is 0 Å². The van der Waals surface area contributed by atoms with E-state index in [0.29, 0.717) is 0 Å². The molecule has 0 saturated heterocycles. The Morgan fingerprint density at radius 3 is 2.56 bits per heavy atom. The molecular weight excluding hydrogens is 272 g/mol. The molecule has 0 fully saturated rings. The summed E-state index contributed by atoms with van der Waals surface area (Å²) in [5.41, 5.74) is -0.949. The molecule has 0 aliphatic carbocycles. The normalized spacial score (nSPS) is 15.1. The second-order valence-corrected chi connectivity index (χ2v) is 7.46. The molecule has 0 saturated carbocycles. The van der Waals surface area contributed by atoms with Crippen LogP contribution < -0.4 is 4.72 Å². The molecule has 5 nitrogen and oxygen atoms in total. The Bertz CT molecular complexity index is 467. The predicted octanol–water partition coefficient (Wildman–Crippen LogP) is 1.23. The van der Waals surface area contributed by atoms with Crippen LogP contribution in [0, 0.1) is 0 Å². The number of nitrogens with zero attached hydrogens (tertiary/aromatic N) is 1. The first-order valence-electron chi connectivity index (χ1n) is 4.48. The van der Waals surface area contributed by atoms with E-state index in [9.17, 15) is 13.5 Å². The zero-order valence-corrected chi connectivity index (χ0v) is 11.4. The smallest absolute Gasteiger partial charge is 0.252 e. The third kappa shape index (κ3) is 3.14. The number of aliphatic hydroxyl groups is 1. The van der Waals surface area contributed by atoms with Gasteiger partial charge < -0.3 is 5.11 Å². The summed E-state index contributed by atoms with van der Waals surface area (Å²) in [7, 11) is -3.68. The highest BCUT2D eigenvalue weighted by molar-refractivity contribution is 7.91. The maximum Gasteiger partial charge on any atom is 0.252 e. The van der Waals surface area contributed by atoms with E-state index in [0.717, 1.165) is 11.3 Å². The van der Waals surface area contributed by atoms with E-state index < -0.39 is 21.7 Å². The molecular formula is C8H13ClN2O3S2. The van der Waals surface area contributed by atoms with Gasteiger partial charge in [0.15, 0.2) is 8.68 Å². The Kier molecular flexibility index (Phi) is 3.96. The minimum atomic E-state index is -3.68. The van der Waals surface area contributed by atoms with Gasteiger partial charge in [0.05, 0.1) is 17.8 Å². The second kappa shape index (κ2) is 4.58. The van der Waals surface area contributed by atoms with Crippen molar-refractivity contribution >= 4 is 33.0 Å². The molecule has 92 valence electrons. The van der Waals surface area contributed by atoms with Crippen molar-refractivity contribution in [1.82, 2.24) is 9.71 Å². The molecule has 0 spiro atoms. The fourth-order valence-electron chi connectivity index (χ4n) is 0.845. The van der Waals surface area contributed by atoms with Gasteiger partial charge in [-0.3, -0.25) is 0 Å². The van der Waals surface area contributed by atoms with E-state index in [-0.39, 0.29) is 8.68 Å². The Morgan fingerprint density at radius 1 is 1.62 bits per heavy atom. The van der Waals surface area contributed by atoms with Crippen molar-refractivity contribution in [3.63, 3.8) is 0 Å². The average molecular weight is 285 g/mol. The SMILES string of the molecule is CC(O)C(C)(C)NS(=O)(=O)c1cnc(Cl)s1. The highest BCUT2D eigenvalue weighted by atomic mass is 35.5. The Labute approximate surface area is 104 Å². The minimum absolute atomic E-state index is 0.0335. The van der Waals surface area contributed by atoms with E-state index in [1.54, 1.807) is 13.8 Å². The highest BCUT2D eigenvalue weighted by Gasteiger charge is 2.31. The summed E-state index contributed by atoms with van der Waals surface area (Å²) in [5, 5.41) is 9.43. The number of halogens is 1. The molecule has 2 N–H and O–H groups in total. The van der Waals surface area contributed by atoms with Gasteiger partial charge in [-0.1, -0.05) is 22.9 Å². The largest absolute Gasteiger partial charge is 0.391 e. The van der Waals surface area contributed by atoms with Crippen LogP contribution in [0.3, 0.4) is 0 Å². The molecule has 0 aromatic carbocycles. The molecule has 16 heavy (non-hydrogen) atoms. The number of aliphatic hydroxyl groups excluding tert-OH is 1. The molecule has 0 radical (unpaired) electrons. The number of thiazole rings is 1. The lowest BCUT2D eigenvalue weighted by molar-refractivity contribution is 0.112. The zero-order valence-electron chi connectivity index (χ0n) is 9.06. The highest BCUT2D eigenvalue weighted by Crippen LogP contribution is 2.24. The molecule has 1 aromatic rings. The van der Waals surface area contributed by atoms with Crippen molar-refractivity contribution < 1.29 is 13.5 Å². The van der Waals surface area contributed by atoms with Gasteiger partial charge in [-0.15, -0.1) is 0 Å². The average Bonchev–Trinajstić information content (AvgIpc) is 2.50. The standard InChI is InChI=1S/C8H13ClN2O3S2/c1-5(12)8(2,3)11-16(13,14)6-4-10-7(9)15-6/h4-5,11-12H,1-3H3. The van der Waals surface area contributed by atoms with Crippen LogP contribution >= 0.6 is 22.9 Å². The van der Waals surface area contributed by atoms with Crippen molar-refractivity contribution in [3.8, 4) is 0 Å². The van der Waals surface area contributed by atoms with E-state index in [1.165, 1.54) is 13.1 Å². The van der Waals surface area contributed by atoms with E-state index in [2.05, 4.69) is 9.71 Å². The maximum atomic E-state index is 11.9. The van der Waals surface area contributed by atoms with E-state index in [4.69, 9.17) is 11.6 Å². The number of hydrogen-bond acceptors (Lipinski definition) is 5. The molecule has 1 unspecified atom stereocenters. The molecule has 1 rings (SSSR count). The van der Waals surface area contributed by atoms with E-state index >= 15 is 0 Å². The van der Waals surface area contributed by atoms with E-state index in [1.807, 2.05) is 0 Å². The maximum absolute atomic E-state index is 11.9. The molecule has 0 amide bonds. The lowest BCUT2D eigenvalue weighted by Crippen LogP contribution is -2.50. The van der Waals surface area contributed by atoms with Gasteiger partial charge in [0, 0.05) is 0 Å². The number of aromatic nitrogens is 1. The summed E-state index contributed by atoms with van der Waals surface area (Å²) < 4.78 is 26.3. The van der Waals surface area contributed by atoms with Gasteiger partial charge in [-0.05, 0) is 20.8 Å². The molecule has 0 bridgehead atoms. The van der Waals surface area contributed by atoms with Gasteiger partial charge in [0.2, 0.25) is 0 Å². The first kappa shape index (κ1) is 13.9. The van der Waals surface area contributed by atoms with Crippen molar-refractivity contribution in [2.45, 2.75) is 36.6 Å². The van der Waals surface area contributed by atoms with Crippen LogP contribution in [-0.2, 0) is 10.0 Å². The third-order valence-corrected chi connectivity index (χ3v) is 5.41. The molecule has 0 aliphatic rings. The van der Waals surface area contributed by atoms with Crippen molar-refractivity contribution in [2.24, 2.45) is 0 Å². The summed E-state index contributed by atoms with van der Waals surface area (Å²) >= 11 is 6.44. The summed E-state index contributed by atoms with van der Waals surface area (Å²) in [6.45, 7) is 4.71. The minimum Gasteiger partial charge on any atom is -0.391 e. The Morgan fingerprint density at radius 2 is 2.19 bits per heavy atom. The monoisotopic (exact) mass is 284 g/mol. The fraction of sp³-hybridized carbons (Fsp3) is 0.625. The number of nitrogens with one attached hydrogen (secondary N) is 1. The quantitative estimate of drug-likeness (QED) is 0.872. The summed E-state index contributed by atoms with van der Waals surface area (Å²) in [6.07, 6.45) is 0.374. The first-order valence-corrected chi connectivity index (χ1v) is 7.16. The number of sulfonamides is 1. The van der Waals surface area contributed by atoms with Crippen LogP contribution in [0.5, 0.6) is 0 Å². The second-order valence-electron chi connectivity index (χ2n) is 3.94. The fourth-order valence-corrected chi connectivity index (χ4v) is 3.61. The van der Waals surface area contributed by atoms with Gasteiger partial charge in [0.25, 0.3) is 10.0 Å². The van der Waals surface area contributed by atoms with Crippen LogP contribution in [0.15, 0.2) is 10.4 Å². The van der Waals surface area contributed by atoms with Crippen molar-refractivity contribution in [1.29, 1.82) is 0 Å². The topological polar surface area (TPSA) is 79.3 Å². The first-order chi connectivity index (χ1) is 7.15. The van der Waals surface area contributed by atoms with Crippen LogP contribution in [0.4, 0.5) is 0 Å². The molecule has 1 atom stereocenters. The van der Waals surface area contributed by atoms with Gasteiger partial charge in [-0.25, -0.2) is 18.1 Å². The van der Waals surface area contributed by atoms with Crippen LogP contribution in [0.1, 0.15) is 20.8 Å². The predicted molar refractivity (Wildman–Crippen MR) is 63.2 cm³/mol. The summed E-state index contributed by atoms with van der Waals surface area (Å²) in [6, 6.07) is 0. The molecule has 1 heterocycles. The summed E-state index contributed by atoms with van der Waals surface area (Å²) in [4.78, 5) is 3.66. The van der Waals surface area contributed by atoms with Gasteiger partial charge in [-0.2, -0.15) is 0 Å². The van der Waals surface area contributed by atoms with Crippen LogP contribution in [0.2, 0.25) is 4.47 Å².